The first-order chi connectivity index (χ1) is 3.83. The molecule has 0 aromatic rings. The van der Waals surface area contributed by atoms with Crippen LogP contribution in [0, 0.1) is 0 Å². The van der Waals surface area contributed by atoms with Crippen LogP contribution in [0.3, 0.4) is 0 Å². The Labute approximate surface area is 54.7 Å². The molecule has 0 fully saturated rings. The first kappa shape index (κ1) is 6.14. The van der Waals surface area contributed by atoms with Gasteiger partial charge in [-0.25, -0.2) is 4.40 Å². The van der Waals surface area contributed by atoms with Gasteiger partial charge < -0.3 is 0 Å². The highest BCUT2D eigenvalue weighted by Gasteiger charge is 2.12. The molecule has 0 N–H and O–H groups in total. The van der Waals surface area contributed by atoms with E-state index >= 15 is 0 Å². The van der Waals surface area contributed by atoms with Crippen molar-refractivity contribution in [1.29, 1.82) is 0 Å². The summed E-state index contributed by atoms with van der Waals surface area (Å²) in [6.07, 6.45) is 2.35. The molecule has 1 atom stereocenters. The van der Waals surface area contributed by atoms with Crippen LogP contribution in [0.15, 0.2) is 4.40 Å². The van der Waals surface area contributed by atoms with Crippen molar-refractivity contribution in [2.24, 2.45) is 4.40 Å². The van der Waals surface area contributed by atoms with E-state index in [-0.39, 0.29) is 0 Å². The van der Waals surface area contributed by atoms with Crippen molar-refractivity contribution in [2.75, 3.05) is 0 Å². The minimum absolute atomic E-state index is 0.741. The van der Waals surface area contributed by atoms with E-state index in [0.717, 1.165) is 11.7 Å². The van der Waals surface area contributed by atoms with E-state index in [1.54, 1.807) is 11.9 Å². The smallest absolute Gasteiger partial charge is 0.0291 e. The van der Waals surface area contributed by atoms with Gasteiger partial charge in [-0.1, -0.05) is 13.8 Å². The van der Waals surface area contributed by atoms with E-state index in [2.05, 4.69) is 18.2 Å². The second-order valence-electron chi connectivity index (χ2n) is 2.13. The Morgan fingerprint density at radius 2 is 2.62 bits per heavy atom. The van der Waals surface area contributed by atoms with Gasteiger partial charge in [-0.05, 0) is 24.8 Å². The summed E-state index contributed by atoms with van der Waals surface area (Å²) < 4.78 is 4.27. The van der Waals surface area contributed by atoms with Crippen molar-refractivity contribution in [1.82, 2.24) is 0 Å². The van der Waals surface area contributed by atoms with Crippen LogP contribution in [0.25, 0.3) is 0 Å². The Balaban J connectivity index is 2.37. The molecule has 1 nitrogen and oxygen atoms in total. The fraction of sp³-hybridized carbons (Fsp3) is 0.833. The minimum Gasteiger partial charge on any atom is -0.225 e. The molecule has 1 unspecified atom stereocenters. The van der Waals surface area contributed by atoms with Gasteiger partial charge in [0.15, 0.2) is 0 Å². The number of hydrogen-bond acceptors (Lipinski definition) is 2. The Bertz CT molecular complexity index is 109. The fourth-order valence-corrected chi connectivity index (χ4v) is 1.58. The van der Waals surface area contributed by atoms with E-state index in [1.165, 1.54) is 12.1 Å². The second-order valence-corrected chi connectivity index (χ2v) is 3.33. The zero-order chi connectivity index (χ0) is 5.98. The third-order valence-corrected chi connectivity index (χ3v) is 2.18. The number of rotatable bonds is 1. The van der Waals surface area contributed by atoms with Crippen molar-refractivity contribution >= 4 is 17.7 Å². The first-order valence-electron chi connectivity index (χ1n) is 3.04. The molecule has 1 aliphatic heterocycles. The summed E-state index contributed by atoms with van der Waals surface area (Å²) in [4.78, 5) is 0. The summed E-state index contributed by atoms with van der Waals surface area (Å²) in [5, 5.41) is 0.741. The lowest BCUT2D eigenvalue weighted by atomic mass is 10.2. The summed E-state index contributed by atoms with van der Waals surface area (Å²) in [6, 6.07) is 0. The number of nitrogens with zero attached hydrogens (tertiary/aromatic N) is 1. The van der Waals surface area contributed by atoms with Crippen LogP contribution >= 0.6 is 11.9 Å². The van der Waals surface area contributed by atoms with Gasteiger partial charge in [0.05, 0.1) is 0 Å². The molecule has 0 amide bonds. The maximum atomic E-state index is 4.27. The van der Waals surface area contributed by atoms with Gasteiger partial charge in [0, 0.05) is 11.0 Å². The van der Waals surface area contributed by atoms with E-state index < -0.39 is 0 Å². The third kappa shape index (κ3) is 1.25. The van der Waals surface area contributed by atoms with Gasteiger partial charge in [0.1, 0.15) is 0 Å². The quantitative estimate of drug-likeness (QED) is 0.495. The summed E-state index contributed by atoms with van der Waals surface area (Å²) in [5.74, 6) is 0. The van der Waals surface area contributed by atoms with Crippen molar-refractivity contribution in [3.8, 4) is 0 Å². The van der Waals surface area contributed by atoms with Crippen molar-refractivity contribution in [3.05, 3.63) is 0 Å². The second kappa shape index (κ2) is 2.53. The molecular weight excluding hydrogens is 118 g/mol. The van der Waals surface area contributed by atoms with E-state index in [4.69, 9.17) is 0 Å². The molecule has 0 aliphatic carbocycles. The zero-order valence-electron chi connectivity index (χ0n) is 5.35. The van der Waals surface area contributed by atoms with Gasteiger partial charge in [-0.2, -0.15) is 0 Å². The molecule has 0 bridgehead atoms. The van der Waals surface area contributed by atoms with Crippen LogP contribution in [0.1, 0.15) is 26.7 Å². The lowest BCUT2D eigenvalue weighted by molar-refractivity contribution is 1.02. The highest BCUT2D eigenvalue weighted by atomic mass is 32.2. The van der Waals surface area contributed by atoms with Crippen LogP contribution in [0.2, 0.25) is 0 Å². The van der Waals surface area contributed by atoms with Crippen molar-refractivity contribution in [2.45, 2.75) is 31.9 Å². The molecule has 1 rings (SSSR count). The molecule has 0 spiro atoms. The Morgan fingerprint density at radius 3 is 2.88 bits per heavy atom. The molecule has 46 valence electrons. The molecule has 0 radical (unpaired) electrons. The van der Waals surface area contributed by atoms with Gasteiger partial charge >= 0.3 is 0 Å². The lowest BCUT2D eigenvalue weighted by Gasteiger charge is -1.93. The fourth-order valence-electron chi connectivity index (χ4n) is 0.780. The topological polar surface area (TPSA) is 12.4 Å². The normalized spacial score (nSPS) is 28.2. The molecule has 0 aromatic carbocycles. The summed E-state index contributed by atoms with van der Waals surface area (Å²) in [7, 11) is 0. The maximum Gasteiger partial charge on any atom is 0.0291 e. The highest BCUT2D eigenvalue weighted by Crippen LogP contribution is 2.24. The summed E-state index contributed by atoms with van der Waals surface area (Å²) >= 11 is 1.72. The standard InChI is InChI=1S/C6H11NS/c1-3-6-4-5(2)8-7-6/h5H,3-4H2,1-2H3. The SMILES string of the molecule is CCC1=NSC(C)C1. The first-order valence-corrected chi connectivity index (χ1v) is 3.88. The molecular formula is C6H11NS. The predicted octanol–water partition coefficient (Wildman–Crippen LogP) is 2.28. The minimum atomic E-state index is 0.741. The Morgan fingerprint density at radius 1 is 1.88 bits per heavy atom. The van der Waals surface area contributed by atoms with Crippen LogP contribution in [0.5, 0.6) is 0 Å². The number of hydrogen-bond donors (Lipinski definition) is 0. The average molecular weight is 129 g/mol. The Kier molecular flexibility index (Phi) is 1.95. The monoisotopic (exact) mass is 129 g/mol. The van der Waals surface area contributed by atoms with Crippen LogP contribution < -0.4 is 0 Å². The van der Waals surface area contributed by atoms with E-state index in [1.807, 2.05) is 0 Å². The lowest BCUT2D eigenvalue weighted by Crippen LogP contribution is -1.96. The molecule has 1 aliphatic rings. The predicted molar refractivity (Wildman–Crippen MR) is 39.4 cm³/mol. The molecule has 2 heteroatoms. The van der Waals surface area contributed by atoms with Crippen molar-refractivity contribution < 1.29 is 0 Å². The summed E-state index contributed by atoms with van der Waals surface area (Å²) in [5.41, 5.74) is 1.38. The van der Waals surface area contributed by atoms with Crippen LogP contribution in [0.4, 0.5) is 0 Å². The van der Waals surface area contributed by atoms with Gasteiger partial charge in [-0.15, -0.1) is 0 Å². The van der Waals surface area contributed by atoms with E-state index in [9.17, 15) is 0 Å². The maximum absolute atomic E-state index is 4.27. The van der Waals surface area contributed by atoms with Crippen LogP contribution in [-0.2, 0) is 0 Å². The molecule has 1 heterocycles. The van der Waals surface area contributed by atoms with Crippen molar-refractivity contribution in [3.63, 3.8) is 0 Å². The van der Waals surface area contributed by atoms with Gasteiger partial charge in [0.25, 0.3) is 0 Å². The van der Waals surface area contributed by atoms with Crippen LogP contribution in [-0.4, -0.2) is 11.0 Å². The zero-order valence-corrected chi connectivity index (χ0v) is 6.16. The Hall–Kier alpha value is 0.0200. The molecule has 0 saturated heterocycles. The largest absolute Gasteiger partial charge is 0.225 e. The average Bonchev–Trinajstić information content (AvgIpc) is 2.14. The van der Waals surface area contributed by atoms with E-state index in [0.29, 0.717) is 0 Å². The third-order valence-electron chi connectivity index (χ3n) is 1.29. The van der Waals surface area contributed by atoms with Gasteiger partial charge in [0.2, 0.25) is 0 Å². The molecule has 0 saturated carbocycles. The van der Waals surface area contributed by atoms with Gasteiger partial charge in [-0.3, -0.25) is 0 Å². The molecule has 8 heavy (non-hydrogen) atoms. The summed E-state index contributed by atoms with van der Waals surface area (Å²) in [6.45, 7) is 4.38. The highest BCUT2D eigenvalue weighted by molar-refractivity contribution is 7.99. The molecule has 0 aromatic heterocycles.